The summed E-state index contributed by atoms with van der Waals surface area (Å²) in [5.41, 5.74) is 4.94. The van der Waals surface area contributed by atoms with Crippen molar-refractivity contribution in [1.29, 1.82) is 0 Å². The quantitative estimate of drug-likeness (QED) is 0.582. The fraction of sp³-hybridized carbons (Fsp3) is 0.222. The van der Waals surface area contributed by atoms with E-state index in [4.69, 9.17) is 32.7 Å². The van der Waals surface area contributed by atoms with Crippen LogP contribution in [-0.4, -0.2) is 25.0 Å². The molecule has 2 amide bonds. The summed E-state index contributed by atoms with van der Waals surface area (Å²) in [5, 5.41) is 0.746. The molecule has 0 aromatic heterocycles. The Morgan fingerprint density at radius 3 is 2.44 bits per heavy atom. The van der Waals surface area contributed by atoms with Gasteiger partial charge in [-0.25, -0.2) is 0 Å². The second-order valence-electron chi connectivity index (χ2n) is 5.36. The molecule has 0 aliphatic rings. The maximum atomic E-state index is 12.1. The van der Waals surface area contributed by atoms with E-state index in [1.54, 1.807) is 30.3 Å². The second-order valence-corrected chi connectivity index (χ2v) is 7.06. The molecule has 0 spiro atoms. The lowest BCUT2D eigenvalue weighted by molar-refractivity contribution is -0.123. The van der Waals surface area contributed by atoms with Crippen LogP contribution in [0.4, 0.5) is 0 Å². The van der Waals surface area contributed by atoms with Crippen molar-refractivity contribution in [2.24, 2.45) is 0 Å². The van der Waals surface area contributed by atoms with E-state index in [-0.39, 0.29) is 11.6 Å². The van der Waals surface area contributed by atoms with Gasteiger partial charge in [-0.05, 0) is 58.7 Å². The lowest BCUT2D eigenvalue weighted by Gasteiger charge is -2.11. The Hall–Kier alpha value is -1.96. The number of rotatable bonds is 7. The van der Waals surface area contributed by atoms with Crippen LogP contribution in [0.5, 0.6) is 11.5 Å². The Balaban J connectivity index is 1.83. The number of carbonyl (C=O) groups excluding carboxylic acids is 2. The van der Waals surface area contributed by atoms with Gasteiger partial charge < -0.3 is 9.47 Å². The van der Waals surface area contributed by atoms with E-state index in [1.807, 2.05) is 6.92 Å². The van der Waals surface area contributed by atoms with Gasteiger partial charge in [-0.2, -0.15) is 0 Å². The van der Waals surface area contributed by atoms with Crippen molar-refractivity contribution in [2.75, 3.05) is 13.2 Å². The normalized spacial score (nSPS) is 10.2. The summed E-state index contributed by atoms with van der Waals surface area (Å²) < 4.78 is 11.5. The molecule has 0 bridgehead atoms. The van der Waals surface area contributed by atoms with Crippen molar-refractivity contribution in [1.82, 2.24) is 10.9 Å². The zero-order chi connectivity index (χ0) is 19.8. The second kappa shape index (κ2) is 10.4. The fourth-order valence-corrected chi connectivity index (χ4v) is 2.90. The van der Waals surface area contributed by atoms with Crippen molar-refractivity contribution in [3.05, 3.63) is 56.5 Å². The molecule has 2 N–H and O–H groups in total. The van der Waals surface area contributed by atoms with Gasteiger partial charge in [0.1, 0.15) is 11.5 Å². The van der Waals surface area contributed by atoms with E-state index in [1.165, 1.54) is 6.07 Å². The highest BCUT2D eigenvalue weighted by Gasteiger charge is 2.11. The molecule has 2 rings (SSSR count). The first-order chi connectivity index (χ1) is 12.9. The van der Waals surface area contributed by atoms with Crippen molar-refractivity contribution in [3.63, 3.8) is 0 Å². The third kappa shape index (κ3) is 6.61. The Morgan fingerprint density at radius 2 is 1.78 bits per heavy atom. The van der Waals surface area contributed by atoms with Gasteiger partial charge in [0.15, 0.2) is 6.61 Å². The van der Waals surface area contributed by atoms with Crippen LogP contribution in [0.25, 0.3) is 0 Å². The zero-order valence-electron chi connectivity index (χ0n) is 14.4. The highest BCUT2D eigenvalue weighted by molar-refractivity contribution is 9.10. The van der Waals surface area contributed by atoms with Crippen LogP contribution in [0.3, 0.4) is 0 Å². The summed E-state index contributed by atoms with van der Waals surface area (Å²) in [6, 6.07) is 9.54. The number of hydrogen-bond acceptors (Lipinski definition) is 4. The molecule has 0 aliphatic carbocycles. The Kier molecular flexibility index (Phi) is 8.22. The minimum absolute atomic E-state index is 0.287. The van der Waals surface area contributed by atoms with E-state index < -0.39 is 11.8 Å². The smallest absolute Gasteiger partial charge is 0.276 e. The van der Waals surface area contributed by atoms with Crippen LogP contribution in [0, 0.1) is 0 Å². The van der Waals surface area contributed by atoms with Gasteiger partial charge in [0.2, 0.25) is 0 Å². The first-order valence-corrected chi connectivity index (χ1v) is 9.55. The Labute approximate surface area is 175 Å². The first-order valence-electron chi connectivity index (χ1n) is 8.00. The van der Waals surface area contributed by atoms with Gasteiger partial charge in [0.25, 0.3) is 11.8 Å². The van der Waals surface area contributed by atoms with Gasteiger partial charge in [-0.3, -0.25) is 20.4 Å². The molecule has 0 saturated carbocycles. The number of ether oxygens (including phenoxy) is 2. The third-order valence-corrected chi connectivity index (χ3v) is 4.37. The highest BCUT2D eigenvalue weighted by Crippen LogP contribution is 2.27. The predicted molar refractivity (Wildman–Crippen MR) is 107 cm³/mol. The molecule has 0 atom stereocenters. The topological polar surface area (TPSA) is 76.7 Å². The molecular weight excluding hydrogens is 459 g/mol. The zero-order valence-corrected chi connectivity index (χ0v) is 17.5. The fourth-order valence-electron chi connectivity index (χ4n) is 1.94. The number of hydrogen-bond donors (Lipinski definition) is 2. The van der Waals surface area contributed by atoms with E-state index in [9.17, 15) is 9.59 Å². The number of carbonyl (C=O) groups is 2. The molecule has 144 valence electrons. The van der Waals surface area contributed by atoms with Crippen LogP contribution in [-0.2, 0) is 4.79 Å². The van der Waals surface area contributed by atoms with Gasteiger partial charge in [-0.15, -0.1) is 0 Å². The number of hydrazine groups is 1. The molecule has 0 fully saturated rings. The van der Waals surface area contributed by atoms with E-state index in [0.29, 0.717) is 33.2 Å². The summed E-state index contributed by atoms with van der Waals surface area (Å²) in [5.74, 6) is -0.0632. The molecule has 9 heteroatoms. The lowest BCUT2D eigenvalue weighted by atomic mass is 10.2. The van der Waals surface area contributed by atoms with Gasteiger partial charge in [0, 0.05) is 10.6 Å². The molecular formula is C18H17BrCl2N2O4. The summed E-state index contributed by atoms with van der Waals surface area (Å²) in [6.07, 6.45) is 0.879. The maximum absolute atomic E-state index is 12.1. The lowest BCUT2D eigenvalue weighted by Crippen LogP contribution is -2.43. The number of amides is 2. The summed E-state index contributed by atoms with van der Waals surface area (Å²) in [6.45, 7) is 2.26. The summed E-state index contributed by atoms with van der Waals surface area (Å²) in [4.78, 5) is 23.9. The minimum Gasteiger partial charge on any atom is -0.492 e. The highest BCUT2D eigenvalue weighted by atomic mass is 79.9. The molecule has 0 saturated heterocycles. The van der Waals surface area contributed by atoms with Crippen LogP contribution in [0.2, 0.25) is 10.0 Å². The average molecular weight is 476 g/mol. The minimum atomic E-state index is -0.545. The molecule has 2 aromatic rings. The Morgan fingerprint density at radius 1 is 1.04 bits per heavy atom. The standard InChI is InChI=1S/C18H17BrCl2N2O4/c1-2-7-26-15-5-3-11(8-13(15)19)18(25)23-22-17(24)10-27-16-6-4-12(20)9-14(16)21/h3-6,8-9H,2,7,10H2,1H3,(H,22,24)(H,23,25). The molecule has 6 nitrogen and oxygen atoms in total. The average Bonchev–Trinajstić information content (AvgIpc) is 2.64. The van der Waals surface area contributed by atoms with Crippen LogP contribution in [0.1, 0.15) is 23.7 Å². The van der Waals surface area contributed by atoms with Crippen LogP contribution >= 0.6 is 39.1 Å². The number of halogens is 3. The van der Waals surface area contributed by atoms with Crippen molar-refractivity contribution in [2.45, 2.75) is 13.3 Å². The number of nitrogens with one attached hydrogen (secondary N) is 2. The first kappa shape index (κ1) is 21.3. The third-order valence-electron chi connectivity index (χ3n) is 3.22. The molecule has 27 heavy (non-hydrogen) atoms. The largest absolute Gasteiger partial charge is 0.492 e. The molecule has 2 aromatic carbocycles. The van der Waals surface area contributed by atoms with Crippen molar-refractivity contribution in [3.8, 4) is 11.5 Å². The molecule has 0 unspecified atom stereocenters. The molecule has 0 heterocycles. The number of benzene rings is 2. The van der Waals surface area contributed by atoms with E-state index in [2.05, 4.69) is 26.8 Å². The van der Waals surface area contributed by atoms with E-state index >= 15 is 0 Å². The summed E-state index contributed by atoms with van der Waals surface area (Å²) >= 11 is 15.1. The maximum Gasteiger partial charge on any atom is 0.276 e. The molecule has 0 aliphatic heterocycles. The van der Waals surface area contributed by atoms with Crippen molar-refractivity contribution >= 4 is 50.9 Å². The van der Waals surface area contributed by atoms with Crippen LogP contribution in [0.15, 0.2) is 40.9 Å². The molecule has 0 radical (unpaired) electrons. The van der Waals surface area contributed by atoms with Crippen LogP contribution < -0.4 is 20.3 Å². The SMILES string of the molecule is CCCOc1ccc(C(=O)NNC(=O)COc2ccc(Cl)cc2Cl)cc1Br. The summed E-state index contributed by atoms with van der Waals surface area (Å²) in [7, 11) is 0. The van der Waals surface area contributed by atoms with Gasteiger partial charge >= 0.3 is 0 Å². The van der Waals surface area contributed by atoms with Crippen molar-refractivity contribution < 1.29 is 19.1 Å². The van der Waals surface area contributed by atoms with E-state index in [0.717, 1.165) is 6.42 Å². The van der Waals surface area contributed by atoms with Gasteiger partial charge in [-0.1, -0.05) is 30.1 Å². The predicted octanol–water partition coefficient (Wildman–Crippen LogP) is 4.38. The monoisotopic (exact) mass is 474 g/mol. The van der Waals surface area contributed by atoms with Gasteiger partial charge in [0.05, 0.1) is 16.1 Å². The Bertz CT molecular complexity index is 833.